The lowest BCUT2D eigenvalue weighted by molar-refractivity contribution is 0.0854. The highest BCUT2D eigenvalue weighted by atomic mass is 19.1. The number of nitrogen functional groups attached to an aromatic ring is 1. The van der Waals surface area contributed by atoms with Gasteiger partial charge in [-0.15, -0.1) is 0 Å². The number of anilines is 2. The van der Waals surface area contributed by atoms with Gasteiger partial charge in [-0.1, -0.05) is 0 Å². The Labute approximate surface area is 138 Å². The second kappa shape index (κ2) is 5.59. The molecule has 4 rings (SSSR count). The van der Waals surface area contributed by atoms with Crippen LogP contribution in [0.4, 0.5) is 15.9 Å². The summed E-state index contributed by atoms with van der Waals surface area (Å²) >= 11 is 0. The highest BCUT2D eigenvalue weighted by molar-refractivity contribution is 5.90. The summed E-state index contributed by atoms with van der Waals surface area (Å²) in [5, 5.41) is 7.60. The highest BCUT2D eigenvalue weighted by Gasteiger charge is 2.32. The van der Waals surface area contributed by atoms with E-state index in [1.165, 1.54) is 16.8 Å². The summed E-state index contributed by atoms with van der Waals surface area (Å²) in [6.45, 7) is 3.44. The van der Waals surface area contributed by atoms with Gasteiger partial charge in [0, 0.05) is 24.2 Å². The fourth-order valence-electron chi connectivity index (χ4n) is 3.60. The average Bonchev–Trinajstić information content (AvgIpc) is 2.91. The minimum atomic E-state index is -0.458. The van der Waals surface area contributed by atoms with E-state index in [0.29, 0.717) is 44.0 Å². The summed E-state index contributed by atoms with van der Waals surface area (Å²) in [5.41, 5.74) is 10.1. The van der Waals surface area contributed by atoms with Crippen molar-refractivity contribution >= 4 is 17.4 Å². The second-order valence-corrected chi connectivity index (χ2v) is 6.32. The number of rotatable bonds is 1. The number of carbonyl (C=O) groups excluding carboxylic acids is 1. The third-order valence-electron chi connectivity index (χ3n) is 4.79. The van der Waals surface area contributed by atoms with Gasteiger partial charge in [0.25, 0.3) is 5.91 Å². The molecule has 0 saturated carbocycles. The van der Waals surface area contributed by atoms with Crippen LogP contribution in [-0.2, 0) is 17.8 Å². The number of ether oxygens (including phenoxy) is 1. The van der Waals surface area contributed by atoms with Crippen molar-refractivity contribution in [3.05, 3.63) is 40.3 Å². The molecule has 0 amide bonds. The van der Waals surface area contributed by atoms with Gasteiger partial charge >= 0.3 is 0 Å². The SMILES string of the molecule is Cc1cc(F)cc2c1NCC[C@@H]2C(=O)n1nc2c(c1N)CCOC2. The number of benzene rings is 1. The molecule has 6 nitrogen and oxygen atoms in total. The first kappa shape index (κ1) is 15.1. The molecule has 126 valence electrons. The maximum absolute atomic E-state index is 13.9. The number of aryl methyl sites for hydroxylation is 1. The number of aromatic nitrogens is 2. The minimum absolute atomic E-state index is 0.213. The molecule has 2 aromatic rings. The van der Waals surface area contributed by atoms with E-state index in [-0.39, 0.29) is 11.7 Å². The van der Waals surface area contributed by atoms with Crippen molar-refractivity contribution in [2.24, 2.45) is 0 Å². The Balaban J connectivity index is 1.76. The van der Waals surface area contributed by atoms with Gasteiger partial charge in [0.2, 0.25) is 0 Å². The molecule has 0 unspecified atom stereocenters. The summed E-state index contributed by atoms with van der Waals surface area (Å²) in [7, 11) is 0. The first-order valence-corrected chi connectivity index (χ1v) is 8.08. The molecule has 1 aromatic carbocycles. The van der Waals surface area contributed by atoms with Crippen molar-refractivity contribution in [3.63, 3.8) is 0 Å². The maximum Gasteiger partial charge on any atom is 0.256 e. The molecule has 3 heterocycles. The molecule has 24 heavy (non-hydrogen) atoms. The van der Waals surface area contributed by atoms with E-state index < -0.39 is 5.92 Å². The van der Waals surface area contributed by atoms with Crippen LogP contribution in [0.3, 0.4) is 0 Å². The van der Waals surface area contributed by atoms with Crippen LogP contribution in [-0.4, -0.2) is 28.8 Å². The van der Waals surface area contributed by atoms with Crippen LogP contribution in [0.15, 0.2) is 12.1 Å². The minimum Gasteiger partial charge on any atom is -0.385 e. The zero-order valence-corrected chi connectivity index (χ0v) is 13.4. The van der Waals surface area contributed by atoms with E-state index in [1.807, 2.05) is 6.92 Å². The smallest absolute Gasteiger partial charge is 0.256 e. The topological polar surface area (TPSA) is 82.2 Å². The molecule has 0 fully saturated rings. The second-order valence-electron chi connectivity index (χ2n) is 6.32. The molecule has 0 radical (unpaired) electrons. The molecule has 3 N–H and O–H groups in total. The number of hydrogen-bond donors (Lipinski definition) is 2. The van der Waals surface area contributed by atoms with Gasteiger partial charge in [0.1, 0.15) is 11.6 Å². The van der Waals surface area contributed by atoms with Crippen molar-refractivity contribution < 1.29 is 13.9 Å². The quantitative estimate of drug-likeness (QED) is 0.838. The van der Waals surface area contributed by atoms with E-state index in [2.05, 4.69) is 10.4 Å². The van der Waals surface area contributed by atoms with Gasteiger partial charge in [0.05, 0.1) is 24.8 Å². The number of nitrogens with two attached hydrogens (primary N) is 1. The van der Waals surface area contributed by atoms with E-state index in [0.717, 1.165) is 22.5 Å². The zero-order valence-electron chi connectivity index (χ0n) is 13.4. The van der Waals surface area contributed by atoms with Crippen molar-refractivity contribution in [2.75, 3.05) is 24.2 Å². The summed E-state index contributed by atoms with van der Waals surface area (Å²) < 4.78 is 20.5. The lowest BCUT2D eigenvalue weighted by atomic mass is 9.88. The Morgan fingerprint density at radius 3 is 3.12 bits per heavy atom. The van der Waals surface area contributed by atoms with Crippen molar-refractivity contribution in [1.29, 1.82) is 0 Å². The Bertz CT molecular complexity index is 830. The Morgan fingerprint density at radius 2 is 2.33 bits per heavy atom. The molecule has 0 spiro atoms. The molecule has 0 saturated heterocycles. The zero-order chi connectivity index (χ0) is 16.8. The lowest BCUT2D eigenvalue weighted by Gasteiger charge is -2.27. The van der Waals surface area contributed by atoms with Gasteiger partial charge in [-0.2, -0.15) is 9.78 Å². The first-order valence-electron chi connectivity index (χ1n) is 8.08. The molecule has 0 aliphatic carbocycles. The molecule has 7 heteroatoms. The van der Waals surface area contributed by atoms with E-state index in [1.54, 1.807) is 0 Å². The third kappa shape index (κ3) is 2.27. The predicted molar refractivity (Wildman–Crippen MR) is 87.6 cm³/mol. The number of halogens is 1. The summed E-state index contributed by atoms with van der Waals surface area (Å²) in [6, 6.07) is 2.90. The molecule has 0 bridgehead atoms. The molecule has 2 aliphatic rings. The monoisotopic (exact) mass is 330 g/mol. The first-order chi connectivity index (χ1) is 11.6. The summed E-state index contributed by atoms with van der Waals surface area (Å²) in [4.78, 5) is 13.1. The van der Waals surface area contributed by atoms with Crippen LogP contribution < -0.4 is 11.1 Å². The Morgan fingerprint density at radius 1 is 1.50 bits per heavy atom. The van der Waals surface area contributed by atoms with Gasteiger partial charge in [-0.05, 0) is 36.6 Å². The molecular formula is C17H19FN4O2. The summed E-state index contributed by atoms with van der Waals surface area (Å²) in [5.74, 6) is -0.629. The number of nitrogens with one attached hydrogen (secondary N) is 1. The fourth-order valence-corrected chi connectivity index (χ4v) is 3.60. The standard InChI is InChI=1S/C17H19FN4O2/c1-9-6-10(18)7-13-11(2-4-20-15(9)13)17(23)22-16(19)12-3-5-24-8-14(12)21-22/h6-7,11,20H,2-5,8,19H2,1H3/t11-/m0/s1. The van der Waals surface area contributed by atoms with Crippen LogP contribution in [0, 0.1) is 12.7 Å². The van der Waals surface area contributed by atoms with E-state index >= 15 is 0 Å². The van der Waals surface area contributed by atoms with Crippen LogP contribution >= 0.6 is 0 Å². The fraction of sp³-hybridized carbons (Fsp3) is 0.412. The number of nitrogens with zero attached hydrogens (tertiary/aromatic N) is 2. The van der Waals surface area contributed by atoms with Gasteiger partial charge in [-0.25, -0.2) is 4.39 Å². The highest BCUT2D eigenvalue weighted by Crippen LogP contribution is 2.36. The van der Waals surface area contributed by atoms with Crippen molar-refractivity contribution in [2.45, 2.75) is 32.3 Å². The van der Waals surface area contributed by atoms with Gasteiger partial charge in [0.15, 0.2) is 0 Å². The van der Waals surface area contributed by atoms with Gasteiger partial charge < -0.3 is 15.8 Å². The van der Waals surface area contributed by atoms with E-state index in [9.17, 15) is 9.18 Å². The van der Waals surface area contributed by atoms with Gasteiger partial charge in [-0.3, -0.25) is 4.79 Å². The van der Waals surface area contributed by atoms with Crippen LogP contribution in [0.1, 0.15) is 39.5 Å². The third-order valence-corrected chi connectivity index (χ3v) is 4.79. The number of carbonyl (C=O) groups is 1. The molecule has 1 aromatic heterocycles. The maximum atomic E-state index is 13.9. The molecular weight excluding hydrogens is 311 g/mol. The largest absolute Gasteiger partial charge is 0.385 e. The van der Waals surface area contributed by atoms with Crippen molar-refractivity contribution in [3.8, 4) is 0 Å². The molecule has 2 aliphatic heterocycles. The normalized spacial score (nSPS) is 19.3. The average molecular weight is 330 g/mol. The predicted octanol–water partition coefficient (Wildman–Crippen LogP) is 2.23. The molecule has 1 atom stereocenters. The van der Waals surface area contributed by atoms with Crippen molar-refractivity contribution in [1.82, 2.24) is 9.78 Å². The Hall–Kier alpha value is -2.41. The van der Waals surface area contributed by atoms with E-state index in [4.69, 9.17) is 10.5 Å². The van der Waals surface area contributed by atoms with Crippen LogP contribution in [0.2, 0.25) is 0 Å². The number of hydrogen-bond acceptors (Lipinski definition) is 5. The summed E-state index contributed by atoms with van der Waals surface area (Å²) in [6.07, 6.45) is 1.24. The van der Waals surface area contributed by atoms with Crippen LogP contribution in [0.5, 0.6) is 0 Å². The Kier molecular flexibility index (Phi) is 3.53. The number of fused-ring (bicyclic) bond motifs is 2. The van der Waals surface area contributed by atoms with Crippen LogP contribution in [0.25, 0.3) is 0 Å². The lowest BCUT2D eigenvalue weighted by Crippen LogP contribution is -2.29.